The summed E-state index contributed by atoms with van der Waals surface area (Å²) in [5.74, 6) is -0.534. The van der Waals surface area contributed by atoms with Crippen LogP contribution in [0.5, 0.6) is 0 Å². The maximum absolute atomic E-state index is 12.6. The van der Waals surface area contributed by atoms with Crippen molar-refractivity contribution in [2.24, 2.45) is 45.7 Å². The van der Waals surface area contributed by atoms with Gasteiger partial charge in [0.1, 0.15) is 6.10 Å². The molecular formula is C31H47NO5. The van der Waals surface area contributed by atoms with Gasteiger partial charge in [0.25, 0.3) is 0 Å². The predicted molar refractivity (Wildman–Crippen MR) is 144 cm³/mol. The van der Waals surface area contributed by atoms with Crippen molar-refractivity contribution in [3.63, 3.8) is 0 Å². The second-order valence-electron chi connectivity index (χ2n) is 13.5. The van der Waals surface area contributed by atoms with Gasteiger partial charge in [0.2, 0.25) is 0 Å². The Morgan fingerprint density at radius 2 is 1.76 bits per heavy atom. The van der Waals surface area contributed by atoms with E-state index in [0.29, 0.717) is 23.8 Å². The molecule has 4 fully saturated rings. The summed E-state index contributed by atoms with van der Waals surface area (Å²) in [5.41, 5.74) is 8.67. The lowest BCUT2D eigenvalue weighted by Crippen LogP contribution is -2.65. The Labute approximate surface area is 222 Å². The number of aliphatic hydroxyl groups excluding tert-OH is 1. The maximum atomic E-state index is 12.6. The lowest BCUT2D eigenvalue weighted by Gasteiger charge is -2.68. The minimum absolute atomic E-state index is 0.0691. The number of hydrogen-bond acceptors (Lipinski definition) is 5. The van der Waals surface area contributed by atoms with Crippen LogP contribution in [0.2, 0.25) is 0 Å². The van der Waals surface area contributed by atoms with Crippen LogP contribution in [0.25, 0.3) is 0 Å². The normalized spacial score (nSPS) is 46.5. The maximum Gasteiger partial charge on any atom is 0.335 e. The Morgan fingerprint density at radius 3 is 2.35 bits per heavy atom. The van der Waals surface area contributed by atoms with E-state index in [0.717, 1.165) is 37.7 Å². The number of nitrogens with two attached hydrogens (primary N) is 1. The molecule has 37 heavy (non-hydrogen) atoms. The van der Waals surface area contributed by atoms with Crippen molar-refractivity contribution in [2.45, 2.75) is 105 Å². The highest BCUT2D eigenvalue weighted by Gasteiger charge is 2.70. The smallest absolute Gasteiger partial charge is 0.335 e. The molecule has 0 amide bonds. The quantitative estimate of drug-likeness (QED) is 0.263. The first-order valence-electron chi connectivity index (χ1n) is 14.1. The number of fused-ring (bicyclic) bond motifs is 5. The summed E-state index contributed by atoms with van der Waals surface area (Å²) >= 11 is 0. The van der Waals surface area contributed by atoms with Crippen LogP contribution >= 0.6 is 0 Å². The van der Waals surface area contributed by atoms with Crippen LogP contribution in [0.3, 0.4) is 0 Å². The Kier molecular flexibility index (Phi) is 7.35. The Morgan fingerprint density at radius 1 is 1.08 bits per heavy atom. The molecule has 0 aromatic rings. The Hall–Kier alpha value is -1.92. The van der Waals surface area contributed by atoms with E-state index in [1.165, 1.54) is 6.92 Å². The van der Waals surface area contributed by atoms with Crippen molar-refractivity contribution in [2.75, 3.05) is 0 Å². The number of carboxylic acid groups (broad SMARTS) is 1. The molecular weight excluding hydrogens is 466 g/mol. The van der Waals surface area contributed by atoms with Gasteiger partial charge in [-0.2, -0.15) is 0 Å². The number of allylic oxidation sites excluding steroid dienone is 3. The van der Waals surface area contributed by atoms with Gasteiger partial charge in [0, 0.05) is 18.9 Å². The van der Waals surface area contributed by atoms with Crippen molar-refractivity contribution in [1.29, 1.82) is 0 Å². The van der Waals surface area contributed by atoms with Crippen molar-refractivity contribution in [1.82, 2.24) is 0 Å². The number of ether oxygens (including phenoxy) is 1. The van der Waals surface area contributed by atoms with E-state index in [9.17, 15) is 19.8 Å². The molecule has 4 aliphatic carbocycles. The number of carbonyl (C=O) groups excluding carboxylic acids is 1. The number of carbonyl (C=O) groups is 2. The summed E-state index contributed by atoms with van der Waals surface area (Å²) in [7, 11) is 0. The third-order valence-corrected chi connectivity index (χ3v) is 11.4. The van der Waals surface area contributed by atoms with Gasteiger partial charge in [-0.15, -0.1) is 0 Å². The van der Waals surface area contributed by atoms with Crippen molar-refractivity contribution >= 4 is 11.9 Å². The molecule has 4 N–H and O–H groups in total. The van der Waals surface area contributed by atoms with E-state index < -0.39 is 18.0 Å². The molecule has 10 atom stereocenters. The van der Waals surface area contributed by atoms with E-state index in [4.69, 9.17) is 10.5 Å². The lowest BCUT2D eigenvalue weighted by atomic mass is 9.36. The average molecular weight is 514 g/mol. The summed E-state index contributed by atoms with van der Waals surface area (Å²) < 4.78 is 5.88. The van der Waals surface area contributed by atoms with E-state index in [1.54, 1.807) is 12.2 Å². The summed E-state index contributed by atoms with van der Waals surface area (Å²) in [6.07, 6.45) is 9.70. The van der Waals surface area contributed by atoms with Crippen LogP contribution in [-0.2, 0) is 14.3 Å². The standard InChI is InChI=1S/C31H47NO5/c1-17(2)9-8-10-20(28(35)36)26-24(37-19(4)33)16-31(7)27(26)22(32)15-25-29(5)13-12-23(34)18(3)21(29)11-14-30(25,31)6/h8-10,18,21-25,27,34H,11-16,32H2,1-7H3,(H,35,36)/b10-8-,26-20+/t18?,21-,22-,23+,24?,25-,27-,29?,30?,31?/m0/s1. The van der Waals surface area contributed by atoms with E-state index in [2.05, 4.69) is 27.7 Å². The fraction of sp³-hybridized carbons (Fsp3) is 0.742. The first-order valence-corrected chi connectivity index (χ1v) is 14.1. The van der Waals surface area contributed by atoms with Gasteiger partial charge in [0.15, 0.2) is 0 Å². The van der Waals surface area contributed by atoms with Crippen LogP contribution in [-0.4, -0.2) is 40.4 Å². The molecule has 6 heteroatoms. The van der Waals surface area contributed by atoms with Crippen LogP contribution < -0.4 is 5.73 Å². The number of rotatable bonds is 4. The zero-order valence-electron chi connectivity index (χ0n) is 23.7. The van der Waals surface area contributed by atoms with E-state index >= 15 is 0 Å². The van der Waals surface area contributed by atoms with Crippen molar-refractivity contribution in [3.05, 3.63) is 34.9 Å². The molecule has 0 aromatic carbocycles. The minimum Gasteiger partial charge on any atom is -0.478 e. The lowest BCUT2D eigenvalue weighted by molar-refractivity contribution is -0.201. The fourth-order valence-electron chi connectivity index (χ4n) is 9.51. The monoisotopic (exact) mass is 513 g/mol. The number of aliphatic hydroxyl groups is 1. The molecule has 4 rings (SSSR count). The summed E-state index contributed by atoms with van der Waals surface area (Å²) in [5, 5.41) is 21.0. The van der Waals surface area contributed by atoms with Gasteiger partial charge in [-0.25, -0.2) is 4.79 Å². The van der Waals surface area contributed by atoms with E-state index in [1.807, 2.05) is 19.9 Å². The summed E-state index contributed by atoms with van der Waals surface area (Å²) in [4.78, 5) is 24.8. The molecule has 4 aliphatic rings. The highest BCUT2D eigenvalue weighted by atomic mass is 16.5. The third kappa shape index (κ3) is 4.32. The topological polar surface area (TPSA) is 110 Å². The molecule has 5 unspecified atom stereocenters. The zero-order chi connectivity index (χ0) is 27.5. The second-order valence-corrected chi connectivity index (χ2v) is 13.5. The minimum atomic E-state index is -1.01. The molecule has 0 bridgehead atoms. The van der Waals surface area contributed by atoms with Crippen molar-refractivity contribution in [3.8, 4) is 0 Å². The molecule has 0 radical (unpaired) electrons. The zero-order valence-corrected chi connectivity index (χ0v) is 23.7. The van der Waals surface area contributed by atoms with Gasteiger partial charge >= 0.3 is 11.9 Å². The molecule has 0 aliphatic heterocycles. The van der Waals surface area contributed by atoms with Crippen LogP contribution in [0.15, 0.2) is 34.9 Å². The largest absolute Gasteiger partial charge is 0.478 e. The first-order chi connectivity index (χ1) is 17.2. The summed E-state index contributed by atoms with van der Waals surface area (Å²) in [6, 6.07) is -0.234. The van der Waals surface area contributed by atoms with Crippen molar-refractivity contribution < 1.29 is 24.5 Å². The number of esters is 1. The molecule has 0 saturated heterocycles. The SMILES string of the molecule is CC(=O)OC1CC2(C)[C@H](/C1=C(\C=C/C=C(C)C)C(=O)O)[C@@H](N)C[C@H]1C3(C)CC[C@@H](O)C(C)[C@@H]3CCC12C. The number of carboxylic acids is 1. The molecule has 206 valence electrons. The van der Waals surface area contributed by atoms with Gasteiger partial charge in [-0.05, 0) is 98.0 Å². The van der Waals surface area contributed by atoms with Crippen LogP contribution in [0.1, 0.15) is 87.0 Å². The van der Waals surface area contributed by atoms with Gasteiger partial charge < -0.3 is 20.7 Å². The van der Waals surface area contributed by atoms with Crippen LogP contribution in [0, 0.1) is 39.9 Å². The van der Waals surface area contributed by atoms with Gasteiger partial charge in [-0.1, -0.05) is 45.4 Å². The molecule has 6 nitrogen and oxygen atoms in total. The average Bonchev–Trinajstić information content (AvgIpc) is 3.08. The molecule has 0 heterocycles. The first kappa shape index (κ1) is 28.1. The molecule has 0 spiro atoms. The summed E-state index contributed by atoms with van der Waals surface area (Å²) in [6.45, 7) is 14.6. The molecule has 4 saturated carbocycles. The Bertz CT molecular complexity index is 1040. The van der Waals surface area contributed by atoms with E-state index in [-0.39, 0.29) is 45.8 Å². The predicted octanol–water partition coefficient (Wildman–Crippen LogP) is 5.41. The molecule has 0 aromatic heterocycles. The number of aliphatic carboxylic acids is 1. The fourth-order valence-corrected chi connectivity index (χ4v) is 9.51. The number of hydrogen-bond donors (Lipinski definition) is 3. The van der Waals surface area contributed by atoms with Gasteiger partial charge in [0.05, 0.1) is 11.7 Å². The van der Waals surface area contributed by atoms with Crippen LogP contribution in [0.4, 0.5) is 0 Å². The van der Waals surface area contributed by atoms with Gasteiger partial charge in [-0.3, -0.25) is 4.79 Å². The third-order valence-electron chi connectivity index (χ3n) is 11.4. The highest BCUT2D eigenvalue weighted by Crippen LogP contribution is 2.74. The Balaban J connectivity index is 1.86. The highest BCUT2D eigenvalue weighted by molar-refractivity contribution is 5.91. The second kappa shape index (κ2) is 9.68.